The van der Waals surface area contributed by atoms with E-state index in [1.54, 1.807) is 12.1 Å². The van der Waals surface area contributed by atoms with Gasteiger partial charge in [0.25, 0.3) is 0 Å². The van der Waals surface area contributed by atoms with E-state index in [-0.39, 0.29) is 16.6 Å². The molecule has 0 aliphatic rings. The second-order valence-electron chi connectivity index (χ2n) is 7.86. The van der Waals surface area contributed by atoms with Gasteiger partial charge in [-0.05, 0) is 24.3 Å². The number of para-hydroxylation sites is 1. The third kappa shape index (κ3) is 4.75. The molecule has 0 unspecified atom stereocenters. The summed E-state index contributed by atoms with van der Waals surface area (Å²) < 4.78 is 11.4. The normalized spacial score (nSPS) is 10.6. The number of phenols is 1. The number of benzene rings is 4. The van der Waals surface area contributed by atoms with E-state index >= 15 is 0 Å². The van der Waals surface area contributed by atoms with Gasteiger partial charge in [-0.1, -0.05) is 72.8 Å². The zero-order valence-electron chi connectivity index (χ0n) is 18.5. The molecule has 35 heavy (non-hydrogen) atoms. The van der Waals surface area contributed by atoms with Crippen LogP contribution in [0.25, 0.3) is 44.6 Å². The van der Waals surface area contributed by atoms with E-state index in [9.17, 15) is 14.7 Å². The van der Waals surface area contributed by atoms with Gasteiger partial charge in [0.2, 0.25) is 0 Å². The minimum absolute atomic E-state index is 0.00861. The predicted molar refractivity (Wildman–Crippen MR) is 138 cm³/mol. The molecule has 0 aliphatic heterocycles. The lowest BCUT2D eigenvalue weighted by molar-refractivity contribution is 0.474. The molecule has 4 aromatic carbocycles. The molecule has 0 aliphatic carbocycles. The van der Waals surface area contributed by atoms with Gasteiger partial charge in [-0.2, -0.15) is 0 Å². The quantitative estimate of drug-likeness (QED) is 0.314. The van der Waals surface area contributed by atoms with E-state index < -0.39 is 0 Å². The van der Waals surface area contributed by atoms with Crippen LogP contribution in [0, 0.1) is 0 Å². The van der Waals surface area contributed by atoms with Crippen LogP contribution < -0.4 is 10.9 Å². The number of hydrogen-bond donors (Lipinski definition) is 1. The van der Waals surface area contributed by atoms with Crippen LogP contribution in [0.4, 0.5) is 0 Å². The average Bonchev–Trinajstić information content (AvgIpc) is 2.90. The highest BCUT2D eigenvalue weighted by Gasteiger charge is 2.07. The summed E-state index contributed by atoms with van der Waals surface area (Å²) in [6.45, 7) is 0. The van der Waals surface area contributed by atoms with Gasteiger partial charge >= 0.3 is 0 Å². The second kappa shape index (κ2) is 9.53. The summed E-state index contributed by atoms with van der Waals surface area (Å²) in [7, 11) is 0. The van der Waals surface area contributed by atoms with Crippen LogP contribution in [-0.4, -0.2) is 5.11 Å². The molecule has 6 aromatic rings. The number of aromatic hydroxyl groups is 1. The average molecular weight is 460 g/mol. The van der Waals surface area contributed by atoms with Gasteiger partial charge in [-0.15, -0.1) is 0 Å². The van der Waals surface area contributed by atoms with E-state index in [0.717, 1.165) is 11.1 Å². The van der Waals surface area contributed by atoms with Crippen LogP contribution in [0.5, 0.6) is 5.75 Å². The van der Waals surface area contributed by atoms with Crippen molar-refractivity contribution in [3.63, 3.8) is 0 Å². The first-order valence-electron chi connectivity index (χ1n) is 11.0. The summed E-state index contributed by atoms with van der Waals surface area (Å²) in [6.07, 6.45) is 0. The number of rotatable bonds is 2. The Morgan fingerprint density at radius 3 is 1.57 bits per heavy atom. The Hall–Kier alpha value is -4.90. The molecule has 0 radical (unpaired) electrons. The third-order valence-electron chi connectivity index (χ3n) is 5.46. The first-order chi connectivity index (χ1) is 17.1. The molecular weight excluding hydrogens is 440 g/mol. The standard InChI is InChI=1S/C15H10O3.C15H10O2/c16-11-6-7-12-13(17)9-14(18-15(12)8-11)10-4-2-1-3-5-10;16-13-10-15(11-6-2-1-3-7-11)17-14-9-5-4-8-12(13)14/h1-9,16H;1-10H. The number of phenolic OH excluding ortho intramolecular Hbond substituents is 1. The van der Waals surface area contributed by atoms with Crippen molar-refractivity contribution in [3.05, 3.63) is 136 Å². The van der Waals surface area contributed by atoms with Crippen molar-refractivity contribution in [1.82, 2.24) is 0 Å². The summed E-state index contributed by atoms with van der Waals surface area (Å²) in [6, 6.07) is 33.8. The van der Waals surface area contributed by atoms with E-state index in [1.165, 1.54) is 24.3 Å². The summed E-state index contributed by atoms with van der Waals surface area (Å²) in [5.41, 5.74) is 2.64. The molecule has 2 heterocycles. The minimum atomic E-state index is -0.116. The molecule has 2 aromatic heterocycles. The van der Waals surface area contributed by atoms with E-state index in [0.29, 0.717) is 33.5 Å². The number of hydrogen-bond acceptors (Lipinski definition) is 5. The molecule has 0 saturated heterocycles. The molecule has 0 spiro atoms. The van der Waals surface area contributed by atoms with Crippen molar-refractivity contribution in [2.45, 2.75) is 0 Å². The van der Waals surface area contributed by atoms with Gasteiger partial charge < -0.3 is 13.9 Å². The van der Waals surface area contributed by atoms with Crippen LogP contribution >= 0.6 is 0 Å². The molecule has 5 heteroatoms. The maximum absolute atomic E-state index is 11.9. The fraction of sp³-hybridized carbons (Fsp3) is 0. The van der Waals surface area contributed by atoms with Gasteiger partial charge in [-0.3, -0.25) is 9.59 Å². The second-order valence-corrected chi connectivity index (χ2v) is 7.86. The fourth-order valence-corrected chi connectivity index (χ4v) is 3.74. The van der Waals surface area contributed by atoms with Gasteiger partial charge in [-0.25, -0.2) is 0 Å². The van der Waals surface area contributed by atoms with Crippen LogP contribution in [0.3, 0.4) is 0 Å². The molecule has 6 rings (SSSR count). The zero-order valence-corrected chi connectivity index (χ0v) is 18.5. The molecular formula is C30H20O5. The van der Waals surface area contributed by atoms with Crippen molar-refractivity contribution in [2.24, 2.45) is 0 Å². The monoisotopic (exact) mass is 460 g/mol. The molecule has 0 atom stereocenters. The first kappa shape index (κ1) is 21.9. The van der Waals surface area contributed by atoms with Crippen molar-refractivity contribution in [2.75, 3.05) is 0 Å². The minimum Gasteiger partial charge on any atom is -0.508 e. The van der Waals surface area contributed by atoms with E-state index in [1.807, 2.05) is 78.9 Å². The van der Waals surface area contributed by atoms with Gasteiger partial charge in [0, 0.05) is 29.3 Å². The van der Waals surface area contributed by atoms with Gasteiger partial charge in [0.05, 0.1) is 10.8 Å². The van der Waals surface area contributed by atoms with Crippen LogP contribution in [0.2, 0.25) is 0 Å². The van der Waals surface area contributed by atoms with Crippen molar-refractivity contribution in [3.8, 4) is 28.4 Å². The molecule has 0 bridgehead atoms. The molecule has 1 N–H and O–H groups in total. The summed E-state index contributed by atoms with van der Waals surface area (Å²) in [5.74, 6) is 1.18. The lowest BCUT2D eigenvalue weighted by Gasteiger charge is -2.03. The van der Waals surface area contributed by atoms with Crippen molar-refractivity contribution < 1.29 is 13.9 Å². The Morgan fingerprint density at radius 1 is 0.486 bits per heavy atom. The lowest BCUT2D eigenvalue weighted by Crippen LogP contribution is -1.99. The Morgan fingerprint density at radius 2 is 0.971 bits per heavy atom. The fourth-order valence-electron chi connectivity index (χ4n) is 3.74. The first-order valence-corrected chi connectivity index (χ1v) is 11.0. The Bertz CT molecular complexity index is 1730. The SMILES string of the molecule is O=c1cc(-c2ccccc2)oc2cc(O)ccc12.O=c1cc(-c2ccccc2)oc2ccccc12. The summed E-state index contributed by atoms with van der Waals surface area (Å²) in [4.78, 5) is 23.9. The highest BCUT2D eigenvalue weighted by atomic mass is 16.3. The van der Waals surface area contributed by atoms with Crippen molar-refractivity contribution >= 4 is 21.9 Å². The van der Waals surface area contributed by atoms with Gasteiger partial charge in [0.15, 0.2) is 10.9 Å². The number of fused-ring (bicyclic) bond motifs is 2. The topological polar surface area (TPSA) is 80.6 Å². The van der Waals surface area contributed by atoms with Crippen LogP contribution in [-0.2, 0) is 0 Å². The van der Waals surface area contributed by atoms with E-state index in [2.05, 4.69) is 0 Å². The summed E-state index contributed by atoms with van der Waals surface area (Å²) >= 11 is 0. The van der Waals surface area contributed by atoms with Crippen molar-refractivity contribution in [1.29, 1.82) is 0 Å². The Labute approximate surface area is 200 Å². The molecule has 0 saturated carbocycles. The Kier molecular flexibility index (Phi) is 5.97. The van der Waals surface area contributed by atoms with E-state index in [4.69, 9.17) is 8.83 Å². The van der Waals surface area contributed by atoms with Gasteiger partial charge in [0.1, 0.15) is 28.4 Å². The maximum Gasteiger partial charge on any atom is 0.193 e. The predicted octanol–water partition coefficient (Wildman–Crippen LogP) is 6.63. The maximum atomic E-state index is 11.9. The largest absolute Gasteiger partial charge is 0.508 e. The van der Waals surface area contributed by atoms with Crippen LogP contribution in [0.15, 0.2) is 134 Å². The molecule has 0 fully saturated rings. The third-order valence-corrected chi connectivity index (χ3v) is 5.46. The molecule has 5 nitrogen and oxygen atoms in total. The highest BCUT2D eigenvalue weighted by molar-refractivity contribution is 5.80. The molecule has 170 valence electrons. The highest BCUT2D eigenvalue weighted by Crippen LogP contribution is 2.24. The van der Waals surface area contributed by atoms with Crippen LogP contribution in [0.1, 0.15) is 0 Å². The smallest absolute Gasteiger partial charge is 0.193 e. The molecule has 0 amide bonds. The lowest BCUT2D eigenvalue weighted by atomic mass is 10.1. The summed E-state index contributed by atoms with van der Waals surface area (Å²) in [5, 5.41) is 10.5. The Balaban J connectivity index is 0.000000145. The zero-order chi connectivity index (χ0) is 24.2.